The van der Waals surface area contributed by atoms with Gasteiger partial charge in [0.1, 0.15) is 5.60 Å². The van der Waals surface area contributed by atoms with Crippen molar-refractivity contribution in [3.8, 4) is 0 Å². The molecule has 0 aromatic heterocycles. The van der Waals surface area contributed by atoms with E-state index in [0.717, 1.165) is 30.1 Å². The van der Waals surface area contributed by atoms with Gasteiger partial charge in [0.15, 0.2) is 0 Å². The molecule has 124 valence electrons. The molecule has 0 N–H and O–H groups in total. The Morgan fingerprint density at radius 2 is 2.09 bits per heavy atom. The lowest BCUT2D eigenvalue weighted by molar-refractivity contribution is -0.178. The smallest absolute Gasteiger partial charge is 0.333 e. The number of ether oxygens (including phenoxy) is 1. The number of rotatable bonds is 4. The molecule has 22 heavy (non-hydrogen) atoms. The Kier molecular flexibility index (Phi) is 4.16. The molecule has 3 aliphatic carbocycles. The molecule has 3 saturated carbocycles. The summed E-state index contributed by atoms with van der Waals surface area (Å²) in [5.41, 5.74) is 0.308. The molecular formula is C20H32O2. The van der Waals surface area contributed by atoms with Crippen LogP contribution < -0.4 is 0 Å². The SMILES string of the molecule is C=C(C)C(=O)OC1(C(C)C)CC2CC1C1C(CC)CCCC21. The molecule has 0 heterocycles. The summed E-state index contributed by atoms with van der Waals surface area (Å²) < 4.78 is 6.16. The van der Waals surface area contributed by atoms with Crippen LogP contribution in [0.1, 0.15) is 66.2 Å². The van der Waals surface area contributed by atoms with Gasteiger partial charge >= 0.3 is 5.97 Å². The highest BCUT2D eigenvalue weighted by Crippen LogP contribution is 2.65. The fraction of sp³-hybridized carbons (Fsp3) is 0.850. The largest absolute Gasteiger partial charge is 0.455 e. The van der Waals surface area contributed by atoms with Gasteiger partial charge in [0, 0.05) is 11.5 Å². The number of hydrogen-bond donors (Lipinski definition) is 0. The third kappa shape index (κ3) is 2.25. The van der Waals surface area contributed by atoms with Crippen molar-refractivity contribution >= 4 is 5.97 Å². The molecule has 0 spiro atoms. The van der Waals surface area contributed by atoms with Crippen molar-refractivity contribution in [3.63, 3.8) is 0 Å². The Bertz CT molecular complexity index is 466. The van der Waals surface area contributed by atoms with Crippen LogP contribution in [-0.4, -0.2) is 11.6 Å². The Morgan fingerprint density at radius 1 is 1.36 bits per heavy atom. The zero-order valence-corrected chi connectivity index (χ0v) is 14.7. The van der Waals surface area contributed by atoms with Crippen LogP contribution in [0.5, 0.6) is 0 Å². The highest BCUT2D eigenvalue weighted by Gasteiger charge is 2.64. The van der Waals surface area contributed by atoms with Gasteiger partial charge in [0.2, 0.25) is 0 Å². The molecule has 0 aromatic rings. The summed E-state index contributed by atoms with van der Waals surface area (Å²) in [7, 11) is 0. The van der Waals surface area contributed by atoms with Gasteiger partial charge in [-0.05, 0) is 55.8 Å². The standard InChI is InChI=1S/C20H32O2/c1-6-14-8-7-9-16-15-10-17(18(14)16)20(11-15,13(4)5)22-19(21)12(2)3/h13-18H,2,6-11H2,1,3-5H3. The van der Waals surface area contributed by atoms with E-state index in [4.69, 9.17) is 4.74 Å². The van der Waals surface area contributed by atoms with Crippen LogP contribution >= 0.6 is 0 Å². The van der Waals surface area contributed by atoms with Crippen LogP contribution in [0, 0.1) is 35.5 Å². The first-order valence-electron chi connectivity index (χ1n) is 9.29. The van der Waals surface area contributed by atoms with E-state index in [0.29, 0.717) is 17.4 Å². The van der Waals surface area contributed by atoms with E-state index in [1.54, 1.807) is 6.92 Å². The Hall–Kier alpha value is -0.790. The van der Waals surface area contributed by atoms with Gasteiger partial charge < -0.3 is 4.74 Å². The fourth-order valence-corrected chi connectivity index (χ4v) is 6.14. The van der Waals surface area contributed by atoms with Gasteiger partial charge in [-0.15, -0.1) is 0 Å². The predicted octanol–water partition coefficient (Wildman–Crippen LogP) is 4.98. The van der Waals surface area contributed by atoms with E-state index < -0.39 is 0 Å². The van der Waals surface area contributed by atoms with Crippen molar-refractivity contribution in [2.24, 2.45) is 35.5 Å². The first-order chi connectivity index (χ1) is 10.4. The van der Waals surface area contributed by atoms with Gasteiger partial charge in [0.05, 0.1) is 0 Å². The van der Waals surface area contributed by atoms with E-state index >= 15 is 0 Å². The van der Waals surface area contributed by atoms with Crippen LogP contribution in [0.25, 0.3) is 0 Å². The molecule has 3 fully saturated rings. The zero-order valence-electron chi connectivity index (χ0n) is 14.7. The Labute approximate surface area is 135 Å². The van der Waals surface area contributed by atoms with Gasteiger partial charge in [-0.25, -0.2) is 4.79 Å². The molecule has 6 atom stereocenters. The molecule has 2 nitrogen and oxygen atoms in total. The second kappa shape index (κ2) is 5.69. The highest BCUT2D eigenvalue weighted by molar-refractivity contribution is 5.87. The minimum absolute atomic E-state index is 0.179. The minimum atomic E-state index is -0.230. The molecule has 0 radical (unpaired) electrons. The summed E-state index contributed by atoms with van der Waals surface area (Å²) in [5.74, 6) is 4.11. The lowest BCUT2D eigenvalue weighted by Gasteiger charge is -2.50. The van der Waals surface area contributed by atoms with E-state index in [-0.39, 0.29) is 11.6 Å². The van der Waals surface area contributed by atoms with Crippen LogP contribution in [0.4, 0.5) is 0 Å². The molecule has 0 amide bonds. The van der Waals surface area contributed by atoms with Crippen molar-refractivity contribution in [2.45, 2.75) is 71.8 Å². The lowest BCUT2D eigenvalue weighted by Crippen LogP contribution is -2.52. The first-order valence-corrected chi connectivity index (χ1v) is 9.29. The van der Waals surface area contributed by atoms with Crippen LogP contribution in [0.3, 0.4) is 0 Å². The number of esters is 1. The zero-order chi connectivity index (χ0) is 16.1. The van der Waals surface area contributed by atoms with Crippen molar-refractivity contribution in [3.05, 3.63) is 12.2 Å². The average molecular weight is 304 g/mol. The quantitative estimate of drug-likeness (QED) is 0.540. The van der Waals surface area contributed by atoms with Gasteiger partial charge in [0.25, 0.3) is 0 Å². The predicted molar refractivity (Wildman–Crippen MR) is 89.3 cm³/mol. The van der Waals surface area contributed by atoms with Crippen molar-refractivity contribution < 1.29 is 9.53 Å². The number of carbonyl (C=O) groups is 1. The second-order valence-electron chi connectivity index (χ2n) is 8.43. The third-order valence-electron chi connectivity index (χ3n) is 7.12. The summed E-state index contributed by atoms with van der Waals surface area (Å²) in [5, 5.41) is 0. The van der Waals surface area contributed by atoms with Crippen LogP contribution in [0.15, 0.2) is 12.2 Å². The first kappa shape index (κ1) is 16.1. The van der Waals surface area contributed by atoms with E-state index in [9.17, 15) is 4.79 Å². The molecule has 3 rings (SSSR count). The molecule has 2 heteroatoms. The van der Waals surface area contributed by atoms with Crippen molar-refractivity contribution in [1.82, 2.24) is 0 Å². The number of carbonyl (C=O) groups excluding carboxylic acids is 1. The molecule has 0 aromatic carbocycles. The summed E-state index contributed by atoms with van der Waals surface area (Å²) in [4.78, 5) is 12.3. The van der Waals surface area contributed by atoms with E-state index in [1.165, 1.54) is 32.1 Å². The summed E-state index contributed by atoms with van der Waals surface area (Å²) >= 11 is 0. The van der Waals surface area contributed by atoms with Gasteiger partial charge in [-0.1, -0.05) is 46.6 Å². The molecule has 2 bridgehead atoms. The molecule has 3 aliphatic rings. The molecular weight excluding hydrogens is 272 g/mol. The maximum atomic E-state index is 12.3. The number of hydrogen-bond acceptors (Lipinski definition) is 2. The molecule has 0 saturated heterocycles. The summed E-state index contributed by atoms with van der Waals surface area (Å²) in [6.45, 7) is 12.4. The maximum absolute atomic E-state index is 12.3. The Morgan fingerprint density at radius 3 is 2.68 bits per heavy atom. The normalized spacial score (nSPS) is 43.2. The average Bonchev–Trinajstić information content (AvgIpc) is 3.03. The van der Waals surface area contributed by atoms with Crippen LogP contribution in [0.2, 0.25) is 0 Å². The van der Waals surface area contributed by atoms with Crippen molar-refractivity contribution in [1.29, 1.82) is 0 Å². The summed E-state index contributed by atoms with van der Waals surface area (Å²) in [6.07, 6.45) is 7.85. The number of fused-ring (bicyclic) bond motifs is 5. The molecule has 0 aliphatic heterocycles. The second-order valence-corrected chi connectivity index (χ2v) is 8.43. The van der Waals surface area contributed by atoms with E-state index in [2.05, 4.69) is 27.4 Å². The van der Waals surface area contributed by atoms with Gasteiger partial charge in [-0.3, -0.25) is 0 Å². The minimum Gasteiger partial charge on any atom is -0.455 e. The monoisotopic (exact) mass is 304 g/mol. The van der Waals surface area contributed by atoms with Gasteiger partial charge in [-0.2, -0.15) is 0 Å². The topological polar surface area (TPSA) is 26.3 Å². The lowest BCUT2D eigenvalue weighted by atomic mass is 9.59. The third-order valence-corrected chi connectivity index (χ3v) is 7.12. The van der Waals surface area contributed by atoms with Crippen LogP contribution in [-0.2, 0) is 9.53 Å². The Balaban J connectivity index is 1.90. The maximum Gasteiger partial charge on any atom is 0.333 e. The fourth-order valence-electron chi connectivity index (χ4n) is 6.14. The highest BCUT2D eigenvalue weighted by atomic mass is 16.6. The van der Waals surface area contributed by atoms with E-state index in [1.807, 2.05) is 0 Å². The summed E-state index contributed by atoms with van der Waals surface area (Å²) in [6, 6.07) is 0. The molecule has 6 unspecified atom stereocenters. The van der Waals surface area contributed by atoms with Crippen molar-refractivity contribution in [2.75, 3.05) is 0 Å².